The first-order valence-electron chi connectivity index (χ1n) is 11.8. The number of rotatable bonds is 7. The van der Waals surface area contributed by atoms with Crippen LogP contribution < -0.4 is 10.3 Å². The highest BCUT2D eigenvalue weighted by Crippen LogP contribution is 2.25. The van der Waals surface area contributed by atoms with Crippen molar-refractivity contribution in [2.45, 2.75) is 25.3 Å². The lowest BCUT2D eigenvalue weighted by atomic mass is 10.1. The highest BCUT2D eigenvalue weighted by Gasteiger charge is 2.28. The summed E-state index contributed by atoms with van der Waals surface area (Å²) in [6.45, 7) is 6.74. The Hall–Kier alpha value is -3.12. The van der Waals surface area contributed by atoms with Gasteiger partial charge in [0.2, 0.25) is 15.0 Å². The van der Waals surface area contributed by atoms with Gasteiger partial charge in [-0.1, -0.05) is 35.1 Å². The number of ether oxygens (including phenoxy) is 1. The lowest BCUT2D eigenvalue weighted by Gasteiger charge is -2.33. The van der Waals surface area contributed by atoms with Gasteiger partial charge in [-0.05, 0) is 44.2 Å². The van der Waals surface area contributed by atoms with E-state index >= 15 is 0 Å². The van der Waals surface area contributed by atoms with Gasteiger partial charge in [0.05, 0.1) is 17.2 Å². The molecule has 3 heterocycles. The highest BCUT2D eigenvalue weighted by atomic mass is 32.2. The first-order chi connectivity index (χ1) is 17.3. The first kappa shape index (κ1) is 24.6. The second kappa shape index (κ2) is 10.1. The molecule has 2 aromatic carbocycles. The largest absolute Gasteiger partial charge is 0.494 e. The van der Waals surface area contributed by atoms with Crippen LogP contribution in [-0.4, -0.2) is 65.0 Å². The average molecular weight is 526 g/mol. The standard InChI is InChI=1S/C25H27N5O4S2/c1-3-34-21-7-9-22(10-8-21)36(32,33)29-13-11-28(12-14-29)17-20-16-23(31)30-25(26-20)35-24(27-30)19-6-4-5-18(2)15-19/h4-10,15-16H,3,11-14,17H2,1-2H3. The summed E-state index contributed by atoms with van der Waals surface area (Å²) < 4.78 is 34.4. The van der Waals surface area contributed by atoms with E-state index in [9.17, 15) is 13.2 Å². The molecule has 36 heavy (non-hydrogen) atoms. The van der Waals surface area contributed by atoms with Gasteiger partial charge in [0, 0.05) is 44.4 Å². The van der Waals surface area contributed by atoms with Crippen LogP contribution in [0.15, 0.2) is 64.3 Å². The number of aryl methyl sites for hydroxylation is 1. The molecule has 0 unspecified atom stereocenters. The number of piperazine rings is 1. The van der Waals surface area contributed by atoms with Crippen LogP contribution >= 0.6 is 11.3 Å². The van der Waals surface area contributed by atoms with Crippen molar-refractivity contribution >= 4 is 26.3 Å². The van der Waals surface area contributed by atoms with E-state index in [1.165, 1.54) is 26.2 Å². The summed E-state index contributed by atoms with van der Waals surface area (Å²) in [5, 5.41) is 5.20. The van der Waals surface area contributed by atoms with Crippen molar-refractivity contribution in [3.05, 3.63) is 76.2 Å². The third-order valence-electron chi connectivity index (χ3n) is 6.05. The van der Waals surface area contributed by atoms with Gasteiger partial charge < -0.3 is 4.74 Å². The minimum absolute atomic E-state index is 0.220. The minimum Gasteiger partial charge on any atom is -0.494 e. The molecule has 188 valence electrons. The van der Waals surface area contributed by atoms with Crippen molar-refractivity contribution in [2.24, 2.45) is 0 Å². The van der Waals surface area contributed by atoms with Crippen molar-refractivity contribution < 1.29 is 13.2 Å². The summed E-state index contributed by atoms with van der Waals surface area (Å²) in [6.07, 6.45) is 0. The van der Waals surface area contributed by atoms with Crippen LogP contribution in [0.4, 0.5) is 0 Å². The van der Waals surface area contributed by atoms with E-state index in [2.05, 4.69) is 15.0 Å². The van der Waals surface area contributed by atoms with Crippen molar-refractivity contribution in [1.82, 2.24) is 23.8 Å². The number of nitrogens with zero attached hydrogens (tertiary/aromatic N) is 5. The Morgan fingerprint density at radius 3 is 2.47 bits per heavy atom. The van der Waals surface area contributed by atoms with Crippen molar-refractivity contribution in [2.75, 3.05) is 32.8 Å². The third-order valence-corrected chi connectivity index (χ3v) is 8.92. The SMILES string of the molecule is CCOc1ccc(S(=O)(=O)N2CCN(Cc3cc(=O)n4nc(-c5cccc(C)c5)sc4n3)CC2)cc1. The molecule has 0 atom stereocenters. The van der Waals surface area contributed by atoms with E-state index in [0.717, 1.165) is 16.1 Å². The summed E-state index contributed by atoms with van der Waals surface area (Å²) in [6, 6.07) is 16.0. The molecular formula is C25H27N5O4S2. The Bertz CT molecular complexity index is 1540. The van der Waals surface area contributed by atoms with Gasteiger partial charge in [0.15, 0.2) is 0 Å². The molecule has 5 rings (SSSR count). The van der Waals surface area contributed by atoms with Gasteiger partial charge in [-0.2, -0.15) is 13.9 Å². The fraction of sp³-hybridized carbons (Fsp3) is 0.320. The van der Waals surface area contributed by atoms with Crippen LogP contribution in [0.3, 0.4) is 0 Å². The number of aromatic nitrogens is 3. The second-order valence-electron chi connectivity index (χ2n) is 8.64. The zero-order valence-corrected chi connectivity index (χ0v) is 21.8. The Balaban J connectivity index is 1.27. The number of hydrogen-bond donors (Lipinski definition) is 0. The first-order valence-corrected chi connectivity index (χ1v) is 14.0. The Kier molecular flexibility index (Phi) is 6.89. The molecule has 1 fully saturated rings. The number of hydrogen-bond acceptors (Lipinski definition) is 8. The van der Waals surface area contributed by atoms with Crippen molar-refractivity contribution in [3.8, 4) is 16.3 Å². The van der Waals surface area contributed by atoms with Gasteiger partial charge in [0.1, 0.15) is 10.8 Å². The Labute approximate surface area is 213 Å². The van der Waals surface area contributed by atoms with E-state index in [0.29, 0.717) is 55.7 Å². The van der Waals surface area contributed by atoms with Crippen LogP contribution in [0.25, 0.3) is 15.5 Å². The summed E-state index contributed by atoms with van der Waals surface area (Å²) in [4.78, 5) is 20.3. The Morgan fingerprint density at radius 2 is 1.78 bits per heavy atom. The zero-order valence-electron chi connectivity index (χ0n) is 20.1. The average Bonchev–Trinajstić information content (AvgIpc) is 3.30. The highest BCUT2D eigenvalue weighted by molar-refractivity contribution is 7.89. The fourth-order valence-electron chi connectivity index (χ4n) is 4.21. The van der Waals surface area contributed by atoms with Gasteiger partial charge in [-0.25, -0.2) is 13.4 Å². The maximum absolute atomic E-state index is 13.1. The summed E-state index contributed by atoms with van der Waals surface area (Å²) in [5.74, 6) is 0.647. The molecule has 11 heteroatoms. The van der Waals surface area contributed by atoms with Gasteiger partial charge in [-0.15, -0.1) is 0 Å². The summed E-state index contributed by atoms with van der Waals surface area (Å²) >= 11 is 1.38. The van der Waals surface area contributed by atoms with Crippen LogP contribution in [0.1, 0.15) is 18.2 Å². The minimum atomic E-state index is -3.58. The van der Waals surface area contributed by atoms with Crippen LogP contribution in [0.2, 0.25) is 0 Å². The molecule has 0 amide bonds. The smallest absolute Gasteiger partial charge is 0.275 e. The molecular weight excluding hydrogens is 498 g/mol. The van der Waals surface area contributed by atoms with Gasteiger partial charge in [0.25, 0.3) is 5.56 Å². The van der Waals surface area contributed by atoms with Crippen LogP contribution in [0, 0.1) is 6.92 Å². The molecule has 0 radical (unpaired) electrons. The summed E-state index contributed by atoms with van der Waals surface area (Å²) in [5.41, 5.74) is 2.51. The number of benzene rings is 2. The third kappa shape index (κ3) is 5.05. The predicted molar refractivity (Wildman–Crippen MR) is 139 cm³/mol. The molecule has 0 aliphatic carbocycles. The van der Waals surface area contributed by atoms with E-state index in [1.807, 2.05) is 38.1 Å². The molecule has 0 N–H and O–H groups in total. The van der Waals surface area contributed by atoms with Gasteiger partial charge >= 0.3 is 0 Å². The summed E-state index contributed by atoms with van der Waals surface area (Å²) in [7, 11) is -3.58. The maximum atomic E-state index is 13.1. The monoisotopic (exact) mass is 525 g/mol. The molecule has 4 aromatic rings. The topological polar surface area (TPSA) is 97.1 Å². The normalized spacial score (nSPS) is 15.4. The molecule has 1 saturated heterocycles. The number of fused-ring (bicyclic) bond motifs is 1. The van der Waals surface area contributed by atoms with E-state index in [1.54, 1.807) is 24.3 Å². The van der Waals surface area contributed by atoms with E-state index in [-0.39, 0.29) is 10.5 Å². The van der Waals surface area contributed by atoms with Gasteiger partial charge in [-0.3, -0.25) is 9.69 Å². The van der Waals surface area contributed by atoms with Crippen molar-refractivity contribution in [3.63, 3.8) is 0 Å². The molecule has 1 aliphatic rings. The predicted octanol–water partition coefficient (Wildman–Crippen LogP) is 3.03. The molecule has 2 aromatic heterocycles. The molecule has 0 bridgehead atoms. The van der Waals surface area contributed by atoms with Crippen LogP contribution in [-0.2, 0) is 16.6 Å². The zero-order chi connectivity index (χ0) is 25.3. The van der Waals surface area contributed by atoms with E-state index in [4.69, 9.17) is 4.74 Å². The van der Waals surface area contributed by atoms with Crippen LogP contribution in [0.5, 0.6) is 5.75 Å². The quantitative estimate of drug-likeness (QED) is 0.366. The van der Waals surface area contributed by atoms with Crippen molar-refractivity contribution in [1.29, 1.82) is 0 Å². The molecule has 0 saturated carbocycles. The second-order valence-corrected chi connectivity index (χ2v) is 11.5. The lowest BCUT2D eigenvalue weighted by Crippen LogP contribution is -2.48. The fourth-order valence-corrected chi connectivity index (χ4v) is 6.56. The Morgan fingerprint density at radius 1 is 1.03 bits per heavy atom. The van der Waals surface area contributed by atoms with E-state index < -0.39 is 10.0 Å². The number of sulfonamides is 1. The lowest BCUT2D eigenvalue weighted by molar-refractivity contribution is 0.180. The molecule has 0 spiro atoms. The maximum Gasteiger partial charge on any atom is 0.275 e. The molecule has 1 aliphatic heterocycles. The molecule has 9 nitrogen and oxygen atoms in total.